The molecule has 0 aliphatic heterocycles. The summed E-state index contributed by atoms with van der Waals surface area (Å²) in [6.07, 6.45) is 1.11. The summed E-state index contributed by atoms with van der Waals surface area (Å²) in [6.45, 7) is 1.91. The summed E-state index contributed by atoms with van der Waals surface area (Å²) >= 11 is 0. The highest BCUT2D eigenvalue weighted by molar-refractivity contribution is 7.89. The number of sulfone groups is 1. The molecule has 124 valence electrons. The van der Waals surface area contributed by atoms with Crippen molar-refractivity contribution in [2.24, 2.45) is 0 Å². The smallest absolute Gasteiger partial charge is 0.357 e. The lowest BCUT2D eigenvalue weighted by molar-refractivity contribution is 0.0515. The summed E-state index contributed by atoms with van der Waals surface area (Å²) in [5, 5.41) is 4.22. The zero-order valence-electron chi connectivity index (χ0n) is 13.1. The van der Waals surface area contributed by atoms with Crippen molar-refractivity contribution in [2.45, 2.75) is 12.7 Å². The summed E-state index contributed by atoms with van der Waals surface area (Å²) in [5.41, 5.74) is 1.07. The fourth-order valence-corrected chi connectivity index (χ4v) is 2.72. The topological polar surface area (TPSA) is 87.5 Å². The summed E-state index contributed by atoms with van der Waals surface area (Å²) in [5.74, 6) is -0.145. The monoisotopic (exact) mass is 338 g/mol. The number of esters is 1. The van der Waals surface area contributed by atoms with E-state index in [1.54, 1.807) is 38.3 Å². The molecule has 0 fully saturated rings. The van der Waals surface area contributed by atoms with E-state index in [1.165, 1.54) is 10.7 Å². The van der Waals surface area contributed by atoms with Gasteiger partial charge in [0.25, 0.3) is 0 Å². The highest BCUT2D eigenvalue weighted by Crippen LogP contribution is 2.18. The molecule has 0 N–H and O–H groups in total. The van der Waals surface area contributed by atoms with E-state index in [0.717, 1.165) is 6.26 Å². The Hall–Kier alpha value is -2.35. The van der Waals surface area contributed by atoms with Gasteiger partial charge in [0.2, 0.25) is 0 Å². The van der Waals surface area contributed by atoms with Crippen molar-refractivity contribution in [2.75, 3.05) is 20.0 Å². The van der Waals surface area contributed by atoms with Crippen LogP contribution in [0.1, 0.15) is 23.1 Å². The second-order valence-electron chi connectivity index (χ2n) is 4.92. The van der Waals surface area contributed by atoms with Gasteiger partial charge < -0.3 is 9.47 Å². The molecule has 2 rings (SSSR count). The van der Waals surface area contributed by atoms with Crippen LogP contribution in [0, 0.1) is 0 Å². The van der Waals surface area contributed by atoms with E-state index >= 15 is 0 Å². The molecule has 0 amide bonds. The second-order valence-corrected chi connectivity index (χ2v) is 7.06. The van der Waals surface area contributed by atoms with Gasteiger partial charge >= 0.3 is 5.97 Å². The predicted molar refractivity (Wildman–Crippen MR) is 84.6 cm³/mol. The number of aromatic nitrogens is 2. The first-order valence-electron chi connectivity index (χ1n) is 6.92. The third-order valence-electron chi connectivity index (χ3n) is 2.97. The lowest BCUT2D eigenvalue weighted by atomic mass is 10.3. The molecule has 0 aliphatic rings. The van der Waals surface area contributed by atoms with Gasteiger partial charge in [-0.1, -0.05) is 0 Å². The van der Waals surface area contributed by atoms with Crippen molar-refractivity contribution in [3.8, 4) is 11.4 Å². The maximum Gasteiger partial charge on any atom is 0.357 e. The molecule has 8 heteroatoms. The lowest BCUT2D eigenvalue weighted by Gasteiger charge is -2.07. The molecule has 0 bridgehead atoms. The quantitative estimate of drug-likeness (QED) is 0.744. The molecular formula is C15H18N2O5S. The highest BCUT2D eigenvalue weighted by atomic mass is 32.2. The molecule has 0 spiro atoms. The molecule has 7 nitrogen and oxygen atoms in total. The van der Waals surface area contributed by atoms with Gasteiger partial charge in [0, 0.05) is 6.26 Å². The van der Waals surface area contributed by atoms with Crippen molar-refractivity contribution in [3.63, 3.8) is 0 Å². The first-order valence-corrected chi connectivity index (χ1v) is 8.98. The lowest BCUT2D eigenvalue weighted by Crippen LogP contribution is -2.11. The van der Waals surface area contributed by atoms with Gasteiger partial charge in [-0.05, 0) is 37.3 Å². The predicted octanol–water partition coefficient (Wildman–Crippen LogP) is 1.60. The third-order valence-corrected chi connectivity index (χ3v) is 3.79. The van der Waals surface area contributed by atoms with E-state index in [-0.39, 0.29) is 23.7 Å². The van der Waals surface area contributed by atoms with Gasteiger partial charge in [-0.15, -0.1) is 0 Å². The molecule has 1 aromatic carbocycles. The zero-order valence-corrected chi connectivity index (χ0v) is 14.0. The van der Waals surface area contributed by atoms with E-state index in [2.05, 4.69) is 5.10 Å². The van der Waals surface area contributed by atoms with E-state index in [9.17, 15) is 13.2 Å². The number of rotatable bonds is 6. The summed E-state index contributed by atoms with van der Waals surface area (Å²) < 4.78 is 34.4. The number of hydrogen-bond donors (Lipinski definition) is 0. The molecule has 0 unspecified atom stereocenters. The first-order chi connectivity index (χ1) is 10.8. The van der Waals surface area contributed by atoms with Crippen LogP contribution in [0.2, 0.25) is 0 Å². The molecule has 1 aromatic heterocycles. The van der Waals surface area contributed by atoms with Crippen LogP contribution in [0.5, 0.6) is 5.75 Å². The van der Waals surface area contributed by atoms with Crippen LogP contribution in [0.3, 0.4) is 0 Å². The Bertz CT molecular complexity index is 794. The standard InChI is InChI=1S/C15H18N2O5S/c1-4-22-15(18)14-9-11(10-23(3,19)20)16-17(14)12-5-7-13(21-2)8-6-12/h5-9H,4,10H2,1-3H3. The minimum absolute atomic E-state index is 0.177. The number of carbonyl (C=O) groups excluding carboxylic acids is 1. The van der Waals surface area contributed by atoms with Crippen molar-refractivity contribution < 1.29 is 22.7 Å². The number of benzene rings is 1. The summed E-state index contributed by atoms with van der Waals surface area (Å²) in [6, 6.07) is 8.32. The largest absolute Gasteiger partial charge is 0.497 e. The fraction of sp³-hybridized carbons (Fsp3) is 0.333. The van der Waals surface area contributed by atoms with E-state index in [0.29, 0.717) is 11.4 Å². The number of methoxy groups -OCH3 is 1. The first kappa shape index (κ1) is 17.0. The Morgan fingerprint density at radius 3 is 2.43 bits per heavy atom. The molecule has 23 heavy (non-hydrogen) atoms. The van der Waals surface area contributed by atoms with Crippen LogP contribution in [-0.2, 0) is 20.3 Å². The minimum Gasteiger partial charge on any atom is -0.497 e. The molecule has 2 aromatic rings. The van der Waals surface area contributed by atoms with E-state index in [4.69, 9.17) is 9.47 Å². The molecule has 0 atom stereocenters. The molecule has 1 heterocycles. The van der Waals surface area contributed by atoms with Gasteiger partial charge in [0.05, 0.1) is 30.9 Å². The molecule has 0 radical (unpaired) electrons. The van der Waals surface area contributed by atoms with Crippen LogP contribution in [0.25, 0.3) is 5.69 Å². The molecular weight excluding hydrogens is 320 g/mol. The van der Waals surface area contributed by atoms with Crippen LogP contribution >= 0.6 is 0 Å². The van der Waals surface area contributed by atoms with Crippen LogP contribution < -0.4 is 4.74 Å². The average Bonchev–Trinajstić information content (AvgIpc) is 2.89. The van der Waals surface area contributed by atoms with E-state index < -0.39 is 15.8 Å². The SMILES string of the molecule is CCOC(=O)c1cc(CS(C)(=O)=O)nn1-c1ccc(OC)cc1. The normalized spacial score (nSPS) is 11.3. The summed E-state index contributed by atoms with van der Waals surface area (Å²) in [7, 11) is -1.71. The maximum absolute atomic E-state index is 12.1. The Morgan fingerprint density at radius 1 is 1.26 bits per heavy atom. The van der Waals surface area contributed by atoms with E-state index in [1.807, 2.05) is 0 Å². The van der Waals surface area contributed by atoms with Gasteiger partial charge in [-0.3, -0.25) is 0 Å². The molecule has 0 aliphatic carbocycles. The zero-order chi connectivity index (χ0) is 17.0. The van der Waals surface area contributed by atoms with Crippen molar-refractivity contribution in [1.82, 2.24) is 9.78 Å². The minimum atomic E-state index is -3.26. The van der Waals surface area contributed by atoms with Gasteiger partial charge in [-0.2, -0.15) is 5.10 Å². The van der Waals surface area contributed by atoms with Gasteiger partial charge in [-0.25, -0.2) is 17.9 Å². The fourth-order valence-electron chi connectivity index (χ4n) is 2.04. The highest BCUT2D eigenvalue weighted by Gasteiger charge is 2.19. The molecule has 0 saturated heterocycles. The van der Waals surface area contributed by atoms with Crippen molar-refractivity contribution in [3.05, 3.63) is 41.7 Å². The number of carbonyl (C=O) groups is 1. The Kier molecular flexibility index (Phi) is 5.05. The average molecular weight is 338 g/mol. The Labute approximate surface area is 134 Å². The third kappa shape index (κ3) is 4.32. The van der Waals surface area contributed by atoms with Gasteiger partial charge in [0.15, 0.2) is 15.5 Å². The van der Waals surface area contributed by atoms with Crippen LogP contribution in [0.4, 0.5) is 0 Å². The molecule has 0 saturated carbocycles. The van der Waals surface area contributed by atoms with Crippen LogP contribution in [-0.4, -0.2) is 44.1 Å². The Balaban J connectivity index is 2.47. The Morgan fingerprint density at radius 2 is 1.91 bits per heavy atom. The van der Waals surface area contributed by atoms with Crippen molar-refractivity contribution >= 4 is 15.8 Å². The maximum atomic E-state index is 12.1. The second kappa shape index (κ2) is 6.82. The van der Waals surface area contributed by atoms with Crippen LogP contribution in [0.15, 0.2) is 30.3 Å². The number of nitrogens with zero attached hydrogens (tertiary/aromatic N) is 2. The van der Waals surface area contributed by atoms with Gasteiger partial charge in [0.1, 0.15) is 5.75 Å². The summed E-state index contributed by atoms with van der Waals surface area (Å²) in [4.78, 5) is 12.1. The van der Waals surface area contributed by atoms with Crippen molar-refractivity contribution in [1.29, 1.82) is 0 Å². The number of hydrogen-bond acceptors (Lipinski definition) is 6. The number of ether oxygens (including phenoxy) is 2.